The van der Waals surface area contributed by atoms with Gasteiger partial charge in [-0.25, -0.2) is 4.79 Å². The number of urea groups is 1. The molecule has 0 bridgehead atoms. The van der Waals surface area contributed by atoms with Crippen molar-refractivity contribution in [3.63, 3.8) is 0 Å². The Balaban J connectivity index is 1.50. The van der Waals surface area contributed by atoms with Crippen LogP contribution >= 0.6 is 0 Å². The maximum Gasteiger partial charge on any atom is 0.325 e. The van der Waals surface area contributed by atoms with Crippen molar-refractivity contribution in [2.75, 3.05) is 26.1 Å². The lowest BCUT2D eigenvalue weighted by Gasteiger charge is -2.19. The highest BCUT2D eigenvalue weighted by molar-refractivity contribution is 6.07. The Kier molecular flexibility index (Phi) is 5.53. The van der Waals surface area contributed by atoms with Gasteiger partial charge < -0.3 is 20.1 Å². The van der Waals surface area contributed by atoms with Crippen molar-refractivity contribution in [2.45, 2.75) is 44.1 Å². The van der Waals surface area contributed by atoms with E-state index in [1.165, 1.54) is 12.0 Å². The van der Waals surface area contributed by atoms with Gasteiger partial charge in [-0.3, -0.25) is 14.5 Å². The topological polar surface area (TPSA) is 97.0 Å². The summed E-state index contributed by atoms with van der Waals surface area (Å²) in [5.41, 5.74) is -0.100. The van der Waals surface area contributed by atoms with Crippen molar-refractivity contribution in [1.29, 1.82) is 0 Å². The van der Waals surface area contributed by atoms with Gasteiger partial charge in [-0.2, -0.15) is 0 Å². The zero-order valence-electron chi connectivity index (χ0n) is 15.7. The van der Waals surface area contributed by atoms with Gasteiger partial charge in [-0.1, -0.05) is 12.8 Å². The molecule has 1 aliphatic heterocycles. The average molecular weight is 375 g/mol. The first-order valence-corrected chi connectivity index (χ1v) is 9.15. The van der Waals surface area contributed by atoms with Crippen LogP contribution in [0, 0.1) is 0 Å². The van der Waals surface area contributed by atoms with Gasteiger partial charge in [-0.05, 0) is 31.4 Å². The molecule has 1 aromatic rings. The predicted octanol–water partition coefficient (Wildman–Crippen LogP) is 2.29. The number of ether oxygens (including phenoxy) is 2. The van der Waals surface area contributed by atoms with Crippen molar-refractivity contribution in [2.24, 2.45) is 0 Å². The monoisotopic (exact) mass is 375 g/mol. The van der Waals surface area contributed by atoms with Crippen LogP contribution in [-0.2, 0) is 9.59 Å². The van der Waals surface area contributed by atoms with Gasteiger partial charge in [0.2, 0.25) is 5.91 Å². The molecule has 8 nitrogen and oxygen atoms in total. The number of carbonyl (C=O) groups is 3. The van der Waals surface area contributed by atoms with Crippen molar-refractivity contribution >= 4 is 23.5 Å². The van der Waals surface area contributed by atoms with E-state index in [0.717, 1.165) is 12.8 Å². The van der Waals surface area contributed by atoms with Gasteiger partial charge in [0.15, 0.2) is 11.5 Å². The molecule has 4 amide bonds. The normalized spacial score (nSPS) is 17.9. The second-order valence-electron chi connectivity index (χ2n) is 6.90. The van der Waals surface area contributed by atoms with E-state index < -0.39 is 5.54 Å². The molecule has 1 aliphatic carbocycles. The second kappa shape index (κ2) is 7.85. The largest absolute Gasteiger partial charge is 0.493 e. The van der Waals surface area contributed by atoms with Crippen LogP contribution in [0.15, 0.2) is 18.2 Å². The number of carbonyl (C=O) groups excluding carboxylic acids is 3. The molecule has 1 aromatic carbocycles. The number of nitrogens with one attached hydrogen (secondary N) is 2. The number of anilines is 1. The lowest BCUT2D eigenvalue weighted by atomic mass is 9.98. The summed E-state index contributed by atoms with van der Waals surface area (Å²) in [6.45, 7) is 0.242. The zero-order valence-corrected chi connectivity index (χ0v) is 15.7. The molecule has 27 heavy (non-hydrogen) atoms. The molecule has 2 N–H and O–H groups in total. The highest BCUT2D eigenvalue weighted by Crippen LogP contribution is 2.35. The summed E-state index contributed by atoms with van der Waals surface area (Å²) in [6.07, 6.45) is 3.93. The van der Waals surface area contributed by atoms with Gasteiger partial charge in [0.05, 0.1) is 14.2 Å². The van der Waals surface area contributed by atoms with Crippen LogP contribution in [0.3, 0.4) is 0 Å². The third-order valence-electron chi connectivity index (χ3n) is 5.16. The van der Waals surface area contributed by atoms with E-state index in [9.17, 15) is 14.4 Å². The number of benzene rings is 1. The first kappa shape index (κ1) is 19.0. The highest BCUT2D eigenvalue weighted by atomic mass is 16.5. The number of hydrogen-bond donors (Lipinski definition) is 2. The average Bonchev–Trinajstić information content (AvgIpc) is 3.22. The molecule has 0 atom stereocenters. The molecular weight excluding hydrogens is 350 g/mol. The molecule has 0 unspecified atom stereocenters. The molecule has 2 aliphatic rings. The summed E-state index contributed by atoms with van der Waals surface area (Å²) < 4.78 is 10.4. The fourth-order valence-electron chi connectivity index (χ4n) is 3.73. The summed E-state index contributed by atoms with van der Waals surface area (Å²) >= 11 is 0. The van der Waals surface area contributed by atoms with Crippen LogP contribution < -0.4 is 20.1 Å². The van der Waals surface area contributed by atoms with Crippen molar-refractivity contribution < 1.29 is 23.9 Å². The Bertz CT molecular complexity index is 743. The Morgan fingerprint density at radius 2 is 1.89 bits per heavy atom. The van der Waals surface area contributed by atoms with Crippen molar-refractivity contribution in [3.8, 4) is 11.5 Å². The lowest BCUT2D eigenvalue weighted by Crippen LogP contribution is -2.44. The molecule has 146 valence electrons. The number of amides is 4. The number of nitrogens with zero attached hydrogens (tertiary/aromatic N) is 1. The Morgan fingerprint density at radius 1 is 1.19 bits per heavy atom. The molecule has 1 saturated heterocycles. The molecule has 2 fully saturated rings. The number of imide groups is 1. The summed E-state index contributed by atoms with van der Waals surface area (Å²) in [4.78, 5) is 38.1. The molecule has 1 heterocycles. The van der Waals surface area contributed by atoms with Crippen LogP contribution in [0.5, 0.6) is 11.5 Å². The molecule has 0 radical (unpaired) electrons. The van der Waals surface area contributed by atoms with E-state index in [4.69, 9.17) is 9.47 Å². The lowest BCUT2D eigenvalue weighted by molar-refractivity contribution is -0.131. The van der Waals surface area contributed by atoms with E-state index >= 15 is 0 Å². The number of rotatable bonds is 7. The fraction of sp³-hybridized carbons (Fsp3) is 0.526. The summed E-state index contributed by atoms with van der Waals surface area (Å²) in [5.74, 6) is 0.765. The Morgan fingerprint density at radius 3 is 2.56 bits per heavy atom. The van der Waals surface area contributed by atoms with Crippen LogP contribution in [-0.4, -0.2) is 49.0 Å². The SMILES string of the molecule is COc1ccc(NC(=O)CCCN2C(=O)NC3(CCCC3)C2=O)cc1OC. The van der Waals surface area contributed by atoms with Crippen LogP contribution in [0.2, 0.25) is 0 Å². The minimum absolute atomic E-state index is 0.148. The first-order chi connectivity index (χ1) is 13.0. The van der Waals surface area contributed by atoms with E-state index in [1.54, 1.807) is 25.3 Å². The third-order valence-corrected chi connectivity index (χ3v) is 5.16. The van der Waals surface area contributed by atoms with Crippen molar-refractivity contribution in [1.82, 2.24) is 10.2 Å². The minimum Gasteiger partial charge on any atom is -0.493 e. The fourth-order valence-corrected chi connectivity index (χ4v) is 3.73. The minimum atomic E-state index is -0.695. The van der Waals surface area contributed by atoms with E-state index in [0.29, 0.717) is 36.4 Å². The second-order valence-corrected chi connectivity index (χ2v) is 6.90. The van der Waals surface area contributed by atoms with Gasteiger partial charge in [0.25, 0.3) is 5.91 Å². The standard InChI is InChI=1S/C19H25N3O5/c1-26-14-8-7-13(12-15(14)27-2)20-16(23)6-5-11-22-17(24)19(21-18(22)25)9-3-4-10-19/h7-8,12H,3-6,9-11H2,1-2H3,(H,20,23)(H,21,25). The molecular formula is C19H25N3O5. The predicted molar refractivity (Wildman–Crippen MR) is 98.9 cm³/mol. The van der Waals surface area contributed by atoms with Crippen LogP contribution in [0.25, 0.3) is 0 Å². The van der Waals surface area contributed by atoms with Gasteiger partial charge in [-0.15, -0.1) is 0 Å². The smallest absolute Gasteiger partial charge is 0.325 e. The van der Waals surface area contributed by atoms with E-state index in [1.807, 2.05) is 0 Å². The quantitative estimate of drug-likeness (QED) is 0.713. The third kappa shape index (κ3) is 3.84. The van der Waals surface area contributed by atoms with E-state index in [2.05, 4.69) is 10.6 Å². The maximum absolute atomic E-state index is 12.6. The first-order valence-electron chi connectivity index (χ1n) is 9.15. The number of methoxy groups -OCH3 is 2. The van der Waals surface area contributed by atoms with Gasteiger partial charge in [0, 0.05) is 24.7 Å². The van der Waals surface area contributed by atoms with Crippen LogP contribution in [0.1, 0.15) is 38.5 Å². The molecule has 1 spiro atoms. The van der Waals surface area contributed by atoms with Gasteiger partial charge >= 0.3 is 6.03 Å². The van der Waals surface area contributed by atoms with Crippen LogP contribution in [0.4, 0.5) is 10.5 Å². The Hall–Kier alpha value is -2.77. The highest BCUT2D eigenvalue weighted by Gasteiger charge is 2.51. The molecule has 0 aromatic heterocycles. The Labute approximate surface area is 158 Å². The summed E-state index contributed by atoms with van der Waals surface area (Å²) in [6, 6.07) is 4.77. The zero-order chi connectivity index (χ0) is 19.4. The number of hydrogen-bond acceptors (Lipinski definition) is 5. The maximum atomic E-state index is 12.6. The summed E-state index contributed by atoms with van der Waals surface area (Å²) in [7, 11) is 3.07. The molecule has 8 heteroatoms. The molecule has 1 saturated carbocycles. The molecule has 3 rings (SSSR count). The van der Waals surface area contributed by atoms with Gasteiger partial charge in [0.1, 0.15) is 5.54 Å². The van der Waals surface area contributed by atoms with E-state index in [-0.39, 0.29) is 30.8 Å². The summed E-state index contributed by atoms with van der Waals surface area (Å²) in [5, 5.41) is 5.63. The van der Waals surface area contributed by atoms with Crippen molar-refractivity contribution in [3.05, 3.63) is 18.2 Å².